The molecule has 0 spiro atoms. The van der Waals surface area contributed by atoms with Crippen molar-refractivity contribution in [1.82, 2.24) is 0 Å². The summed E-state index contributed by atoms with van der Waals surface area (Å²) in [5, 5.41) is 1.60. The maximum absolute atomic E-state index is 2.20. The van der Waals surface area contributed by atoms with Crippen LogP contribution in [0.1, 0.15) is 26.7 Å². The lowest BCUT2D eigenvalue weighted by Crippen LogP contribution is -1.82. The molecule has 1 radical (unpaired) electrons. The Balaban J connectivity index is 2.99. The Morgan fingerprint density at radius 2 is 1.71 bits per heavy atom. The molecule has 0 bridgehead atoms. The van der Waals surface area contributed by atoms with E-state index in [1.54, 1.807) is 5.25 Å². The monoisotopic (exact) mass is 117 g/mol. The fraction of sp³-hybridized carbons (Fsp3) is 0.833. The molecule has 0 aliphatic carbocycles. The van der Waals surface area contributed by atoms with Crippen LogP contribution in [0.15, 0.2) is 0 Å². The first-order chi connectivity index (χ1) is 3.35. The highest BCUT2D eigenvalue weighted by atomic mass is 32.2. The molecule has 0 N–H and O–H groups in total. The van der Waals surface area contributed by atoms with Crippen molar-refractivity contribution in [2.24, 2.45) is 0 Å². The van der Waals surface area contributed by atoms with Crippen molar-refractivity contribution in [3.05, 3.63) is 5.25 Å². The van der Waals surface area contributed by atoms with Crippen LogP contribution in [-0.2, 0) is 0 Å². The zero-order chi connectivity index (χ0) is 5.70. The molecule has 0 aliphatic rings. The van der Waals surface area contributed by atoms with E-state index in [9.17, 15) is 0 Å². The van der Waals surface area contributed by atoms with E-state index in [-0.39, 0.29) is 0 Å². The normalized spacial score (nSPS) is 10.3. The van der Waals surface area contributed by atoms with Crippen LogP contribution in [0.2, 0.25) is 0 Å². The maximum Gasteiger partial charge on any atom is 0.0298 e. The van der Waals surface area contributed by atoms with E-state index in [4.69, 9.17) is 0 Å². The zero-order valence-electron chi connectivity index (χ0n) is 5.32. The van der Waals surface area contributed by atoms with Crippen molar-refractivity contribution in [2.45, 2.75) is 26.7 Å². The highest BCUT2D eigenvalue weighted by molar-refractivity contribution is 8.01. The first-order valence-electron chi connectivity index (χ1n) is 2.73. The number of hydrogen-bond donors (Lipinski definition) is 0. The predicted molar refractivity (Wildman–Crippen MR) is 37.3 cm³/mol. The van der Waals surface area contributed by atoms with E-state index in [2.05, 4.69) is 20.1 Å². The van der Waals surface area contributed by atoms with Crippen LogP contribution in [0.3, 0.4) is 0 Å². The van der Waals surface area contributed by atoms with Crippen molar-refractivity contribution >= 4 is 11.8 Å². The van der Waals surface area contributed by atoms with Gasteiger partial charge in [0.2, 0.25) is 0 Å². The summed E-state index contributed by atoms with van der Waals surface area (Å²) >= 11 is 1.89. The van der Waals surface area contributed by atoms with Crippen LogP contribution in [-0.4, -0.2) is 6.26 Å². The average Bonchev–Trinajstić information content (AvgIpc) is 1.72. The third-order valence-electron chi connectivity index (χ3n) is 1.08. The smallest absolute Gasteiger partial charge is 0.0298 e. The van der Waals surface area contributed by atoms with Gasteiger partial charge in [-0.05, 0) is 19.1 Å². The third-order valence-corrected chi connectivity index (χ3v) is 2.23. The lowest BCUT2D eigenvalue weighted by molar-refractivity contribution is 0.934. The lowest BCUT2D eigenvalue weighted by Gasteiger charge is -2.04. The van der Waals surface area contributed by atoms with Gasteiger partial charge in [0.05, 0.1) is 0 Å². The van der Waals surface area contributed by atoms with Gasteiger partial charge in [0, 0.05) is 5.25 Å². The fourth-order valence-corrected chi connectivity index (χ4v) is 1.12. The van der Waals surface area contributed by atoms with Crippen LogP contribution in [0.4, 0.5) is 0 Å². The Hall–Kier alpha value is 0.350. The summed E-state index contributed by atoms with van der Waals surface area (Å²) in [6.45, 7) is 4.41. The fourth-order valence-electron chi connectivity index (χ4n) is 0.539. The highest BCUT2D eigenvalue weighted by Crippen LogP contribution is 2.22. The van der Waals surface area contributed by atoms with Crippen molar-refractivity contribution in [2.75, 3.05) is 6.26 Å². The molecule has 0 fully saturated rings. The summed E-state index contributed by atoms with van der Waals surface area (Å²) in [5.41, 5.74) is 0. The van der Waals surface area contributed by atoms with Gasteiger partial charge in [-0.25, -0.2) is 0 Å². The second kappa shape index (κ2) is 4.51. The molecule has 0 aromatic carbocycles. The Bertz CT molecular complexity index is 25.7. The van der Waals surface area contributed by atoms with Crippen LogP contribution in [0.5, 0.6) is 0 Å². The van der Waals surface area contributed by atoms with E-state index in [0.29, 0.717) is 0 Å². The van der Waals surface area contributed by atoms with Gasteiger partial charge in [-0.15, -0.1) is 0 Å². The number of rotatable bonds is 3. The Morgan fingerprint density at radius 3 is 1.71 bits per heavy atom. The summed E-state index contributed by atoms with van der Waals surface area (Å²) in [5.74, 6) is 0. The van der Waals surface area contributed by atoms with E-state index < -0.39 is 0 Å². The summed E-state index contributed by atoms with van der Waals surface area (Å²) < 4.78 is 0. The molecule has 0 saturated heterocycles. The van der Waals surface area contributed by atoms with Crippen molar-refractivity contribution < 1.29 is 0 Å². The molecule has 0 heterocycles. The van der Waals surface area contributed by atoms with E-state index in [0.717, 1.165) is 0 Å². The highest BCUT2D eigenvalue weighted by Gasteiger charge is 1.97. The van der Waals surface area contributed by atoms with Gasteiger partial charge in [0.15, 0.2) is 0 Å². The number of thioether (sulfide) groups is 1. The van der Waals surface area contributed by atoms with Gasteiger partial charge in [-0.3, -0.25) is 0 Å². The van der Waals surface area contributed by atoms with Gasteiger partial charge in [0.1, 0.15) is 0 Å². The number of hydrogen-bond acceptors (Lipinski definition) is 1. The van der Waals surface area contributed by atoms with Gasteiger partial charge in [0.25, 0.3) is 0 Å². The second-order valence-corrected chi connectivity index (χ2v) is 2.44. The average molecular weight is 117 g/mol. The van der Waals surface area contributed by atoms with Gasteiger partial charge in [-0.2, -0.15) is 11.8 Å². The third kappa shape index (κ3) is 2.98. The van der Waals surface area contributed by atoms with Crippen LogP contribution < -0.4 is 0 Å². The van der Waals surface area contributed by atoms with Gasteiger partial charge >= 0.3 is 0 Å². The minimum absolute atomic E-state index is 1.23. The van der Waals surface area contributed by atoms with Gasteiger partial charge < -0.3 is 0 Å². The Labute approximate surface area is 50.7 Å². The quantitative estimate of drug-likeness (QED) is 0.547. The molecule has 1 heteroatoms. The standard InChI is InChI=1S/C6H13S/c1-4-6(5-2)7-3/h4-5H2,1-3H3. The molecule has 0 aliphatic heterocycles. The molecule has 0 unspecified atom stereocenters. The zero-order valence-corrected chi connectivity index (χ0v) is 6.14. The summed E-state index contributed by atoms with van der Waals surface area (Å²) in [6.07, 6.45) is 4.61. The van der Waals surface area contributed by atoms with E-state index >= 15 is 0 Å². The molecule has 0 rings (SSSR count). The van der Waals surface area contributed by atoms with Crippen LogP contribution in [0, 0.1) is 5.25 Å². The Kier molecular flexibility index (Phi) is 4.73. The van der Waals surface area contributed by atoms with Crippen LogP contribution >= 0.6 is 11.8 Å². The summed E-state index contributed by atoms with van der Waals surface area (Å²) in [6, 6.07) is 0. The minimum Gasteiger partial charge on any atom is -0.157 e. The van der Waals surface area contributed by atoms with Crippen molar-refractivity contribution in [1.29, 1.82) is 0 Å². The first-order valence-corrected chi connectivity index (χ1v) is 3.96. The van der Waals surface area contributed by atoms with Gasteiger partial charge in [-0.1, -0.05) is 13.8 Å². The van der Waals surface area contributed by atoms with E-state index in [1.807, 2.05) is 11.8 Å². The molecule has 43 valence electrons. The minimum atomic E-state index is 1.23. The molecule has 0 atom stereocenters. The maximum atomic E-state index is 2.20. The molecule has 0 aromatic heterocycles. The molecule has 7 heavy (non-hydrogen) atoms. The SMILES string of the molecule is CC[C](CC)SC. The van der Waals surface area contributed by atoms with E-state index in [1.165, 1.54) is 12.8 Å². The molecule has 0 aromatic rings. The molecule has 0 saturated carbocycles. The second-order valence-electron chi connectivity index (χ2n) is 1.45. The first kappa shape index (κ1) is 7.35. The Morgan fingerprint density at radius 1 is 1.29 bits per heavy atom. The largest absolute Gasteiger partial charge is 0.157 e. The van der Waals surface area contributed by atoms with Crippen LogP contribution in [0.25, 0.3) is 0 Å². The molecular formula is C6H13S. The predicted octanol–water partition coefficient (Wildman–Crippen LogP) is 2.70. The van der Waals surface area contributed by atoms with Crippen molar-refractivity contribution in [3.63, 3.8) is 0 Å². The lowest BCUT2D eigenvalue weighted by atomic mass is 10.3. The van der Waals surface area contributed by atoms with Crippen molar-refractivity contribution in [3.8, 4) is 0 Å². The topological polar surface area (TPSA) is 0 Å². The summed E-state index contributed by atoms with van der Waals surface area (Å²) in [4.78, 5) is 0. The molecule has 0 amide bonds. The molecule has 0 nitrogen and oxygen atoms in total. The summed E-state index contributed by atoms with van der Waals surface area (Å²) in [7, 11) is 0. The molecular weight excluding hydrogens is 104 g/mol.